The van der Waals surface area contributed by atoms with Crippen LogP contribution in [0.5, 0.6) is 0 Å². The van der Waals surface area contributed by atoms with E-state index in [0.717, 1.165) is 22.3 Å². The summed E-state index contributed by atoms with van der Waals surface area (Å²) >= 11 is 10.1. The highest BCUT2D eigenvalue weighted by Crippen LogP contribution is 2.22. The normalized spacial score (nSPS) is 10.3. The fourth-order valence-corrected chi connectivity index (χ4v) is 3.10. The first-order valence-corrected chi connectivity index (χ1v) is 7.28. The third-order valence-corrected chi connectivity index (χ3v) is 4.18. The van der Waals surface area contributed by atoms with Gasteiger partial charge in [-0.1, -0.05) is 12.2 Å². The summed E-state index contributed by atoms with van der Waals surface area (Å²) in [6.07, 6.45) is 2.50. The van der Waals surface area contributed by atoms with Crippen LogP contribution in [-0.4, -0.2) is 21.7 Å². The molecular formula is C11H11BrN4S2. The number of anilines is 1. The molecule has 2 rings (SSSR count). The Bertz CT molecular complexity index is 555. The van der Waals surface area contributed by atoms with E-state index in [4.69, 9.17) is 18.0 Å². The van der Waals surface area contributed by atoms with Crippen LogP contribution in [-0.2, 0) is 6.42 Å². The zero-order valence-electron chi connectivity index (χ0n) is 9.39. The summed E-state index contributed by atoms with van der Waals surface area (Å²) in [5.41, 5.74) is 6.35. The number of nitrogens with one attached hydrogen (secondary N) is 1. The molecule has 0 spiro atoms. The lowest BCUT2D eigenvalue weighted by Crippen LogP contribution is -2.16. The van der Waals surface area contributed by atoms with E-state index in [1.165, 1.54) is 4.88 Å². The highest BCUT2D eigenvalue weighted by molar-refractivity contribution is 9.11. The molecule has 0 bridgehead atoms. The Labute approximate surface area is 123 Å². The van der Waals surface area contributed by atoms with Crippen molar-refractivity contribution in [2.24, 2.45) is 5.73 Å². The number of thiophene rings is 1. The van der Waals surface area contributed by atoms with Crippen LogP contribution in [0, 0.1) is 0 Å². The smallest absolute Gasteiger partial charge is 0.158 e. The van der Waals surface area contributed by atoms with Gasteiger partial charge in [0.1, 0.15) is 4.99 Å². The minimum Gasteiger partial charge on any atom is -0.389 e. The van der Waals surface area contributed by atoms with Gasteiger partial charge in [-0.3, -0.25) is 0 Å². The Hall–Kier alpha value is -1.05. The fourth-order valence-electron chi connectivity index (χ4n) is 1.45. The van der Waals surface area contributed by atoms with Gasteiger partial charge in [0.05, 0.1) is 15.5 Å². The first-order chi connectivity index (χ1) is 8.66. The lowest BCUT2D eigenvalue weighted by molar-refractivity contribution is 0.974. The summed E-state index contributed by atoms with van der Waals surface area (Å²) in [5.74, 6) is 0.639. The van der Waals surface area contributed by atoms with Gasteiger partial charge in [-0.25, -0.2) is 0 Å². The Balaban J connectivity index is 1.96. The SMILES string of the molecule is NC(=S)c1ccnnc1NCCc1ccc(Br)s1. The van der Waals surface area contributed by atoms with Crippen molar-refractivity contribution >= 4 is 50.3 Å². The van der Waals surface area contributed by atoms with Crippen molar-refractivity contribution in [1.29, 1.82) is 0 Å². The molecule has 0 radical (unpaired) electrons. The average Bonchev–Trinajstić information content (AvgIpc) is 2.75. The number of aromatic nitrogens is 2. The van der Waals surface area contributed by atoms with Crippen molar-refractivity contribution in [3.05, 3.63) is 38.6 Å². The quantitative estimate of drug-likeness (QED) is 0.817. The molecule has 0 atom stereocenters. The average molecular weight is 343 g/mol. The van der Waals surface area contributed by atoms with Crippen LogP contribution >= 0.6 is 39.5 Å². The molecule has 18 heavy (non-hydrogen) atoms. The summed E-state index contributed by atoms with van der Waals surface area (Å²) in [4.78, 5) is 1.63. The second kappa shape index (κ2) is 6.21. The Morgan fingerprint density at radius 3 is 2.94 bits per heavy atom. The molecule has 0 aliphatic heterocycles. The van der Waals surface area contributed by atoms with Crippen LogP contribution in [0.3, 0.4) is 0 Å². The van der Waals surface area contributed by atoms with Gasteiger partial charge in [0, 0.05) is 11.4 Å². The predicted octanol–water partition coefficient (Wildman–Crippen LogP) is 2.59. The van der Waals surface area contributed by atoms with Gasteiger partial charge < -0.3 is 11.1 Å². The van der Waals surface area contributed by atoms with E-state index >= 15 is 0 Å². The first kappa shape index (κ1) is 13.4. The van der Waals surface area contributed by atoms with Crippen molar-refractivity contribution in [1.82, 2.24) is 10.2 Å². The topological polar surface area (TPSA) is 63.8 Å². The zero-order chi connectivity index (χ0) is 13.0. The Kier molecular flexibility index (Phi) is 4.62. The molecule has 0 aliphatic carbocycles. The molecule has 2 aromatic heterocycles. The van der Waals surface area contributed by atoms with Crippen molar-refractivity contribution in [3.8, 4) is 0 Å². The molecule has 2 heterocycles. The summed E-state index contributed by atoms with van der Waals surface area (Å²) in [6.45, 7) is 0.765. The van der Waals surface area contributed by atoms with Gasteiger partial charge in [0.25, 0.3) is 0 Å². The maximum atomic E-state index is 5.62. The number of hydrogen-bond acceptors (Lipinski definition) is 5. The molecule has 2 aromatic rings. The summed E-state index contributed by atoms with van der Waals surface area (Å²) in [7, 11) is 0. The third-order valence-electron chi connectivity index (χ3n) is 2.28. The number of nitrogens with two attached hydrogens (primary N) is 1. The van der Waals surface area contributed by atoms with Crippen molar-refractivity contribution in [2.75, 3.05) is 11.9 Å². The van der Waals surface area contributed by atoms with Gasteiger partial charge in [-0.05, 0) is 40.5 Å². The number of nitrogens with zero attached hydrogens (tertiary/aromatic N) is 2. The van der Waals surface area contributed by atoms with E-state index in [1.807, 2.05) is 6.07 Å². The molecular weight excluding hydrogens is 332 g/mol. The molecule has 0 aromatic carbocycles. The van der Waals surface area contributed by atoms with Crippen LogP contribution in [0.4, 0.5) is 5.82 Å². The predicted molar refractivity (Wildman–Crippen MR) is 82.1 cm³/mol. The summed E-state index contributed by atoms with van der Waals surface area (Å²) < 4.78 is 1.14. The lowest BCUT2D eigenvalue weighted by Gasteiger charge is -2.07. The maximum Gasteiger partial charge on any atom is 0.158 e. The summed E-state index contributed by atoms with van der Waals surface area (Å²) in [6, 6.07) is 5.91. The minimum absolute atomic E-state index is 0.325. The van der Waals surface area contributed by atoms with E-state index in [1.54, 1.807) is 23.6 Å². The number of rotatable bonds is 5. The number of thiocarbonyl (C=S) groups is 1. The molecule has 4 nitrogen and oxygen atoms in total. The van der Waals surface area contributed by atoms with Crippen LogP contribution in [0.25, 0.3) is 0 Å². The molecule has 0 aliphatic rings. The van der Waals surface area contributed by atoms with Gasteiger partial charge in [0.2, 0.25) is 0 Å². The van der Waals surface area contributed by atoms with Gasteiger partial charge in [0.15, 0.2) is 5.82 Å². The maximum absolute atomic E-state index is 5.62. The van der Waals surface area contributed by atoms with Crippen LogP contribution < -0.4 is 11.1 Å². The minimum atomic E-state index is 0.325. The lowest BCUT2D eigenvalue weighted by atomic mass is 10.2. The number of hydrogen-bond donors (Lipinski definition) is 2. The zero-order valence-corrected chi connectivity index (χ0v) is 12.6. The van der Waals surface area contributed by atoms with Crippen molar-refractivity contribution < 1.29 is 0 Å². The third kappa shape index (κ3) is 3.47. The molecule has 7 heteroatoms. The van der Waals surface area contributed by atoms with E-state index in [-0.39, 0.29) is 0 Å². The second-order valence-electron chi connectivity index (χ2n) is 3.54. The molecule has 0 saturated carbocycles. The molecule has 0 amide bonds. The molecule has 0 saturated heterocycles. The monoisotopic (exact) mass is 342 g/mol. The highest BCUT2D eigenvalue weighted by Gasteiger charge is 2.06. The second-order valence-corrected chi connectivity index (χ2v) is 6.53. The van der Waals surface area contributed by atoms with E-state index < -0.39 is 0 Å². The van der Waals surface area contributed by atoms with Gasteiger partial charge in [-0.15, -0.1) is 16.4 Å². The Morgan fingerprint density at radius 2 is 2.28 bits per heavy atom. The van der Waals surface area contributed by atoms with Gasteiger partial charge in [-0.2, -0.15) is 5.10 Å². The molecule has 0 fully saturated rings. The van der Waals surface area contributed by atoms with Crippen molar-refractivity contribution in [2.45, 2.75) is 6.42 Å². The van der Waals surface area contributed by atoms with Crippen LogP contribution in [0.2, 0.25) is 0 Å². The van der Waals surface area contributed by atoms with E-state index in [9.17, 15) is 0 Å². The first-order valence-electron chi connectivity index (χ1n) is 5.26. The summed E-state index contributed by atoms with van der Waals surface area (Å²) in [5, 5.41) is 11.0. The van der Waals surface area contributed by atoms with E-state index in [2.05, 4.69) is 37.5 Å². The van der Waals surface area contributed by atoms with Crippen LogP contribution in [0.1, 0.15) is 10.4 Å². The largest absolute Gasteiger partial charge is 0.389 e. The molecule has 94 valence electrons. The van der Waals surface area contributed by atoms with Gasteiger partial charge >= 0.3 is 0 Å². The van der Waals surface area contributed by atoms with Crippen LogP contribution in [0.15, 0.2) is 28.2 Å². The highest BCUT2D eigenvalue weighted by atomic mass is 79.9. The molecule has 0 unspecified atom stereocenters. The molecule has 3 N–H and O–H groups in total. The Morgan fingerprint density at radius 1 is 1.44 bits per heavy atom. The number of halogens is 1. The van der Waals surface area contributed by atoms with Crippen molar-refractivity contribution in [3.63, 3.8) is 0 Å². The fraction of sp³-hybridized carbons (Fsp3) is 0.182. The van der Waals surface area contributed by atoms with E-state index in [0.29, 0.717) is 10.8 Å². The standard InChI is InChI=1S/C11H11BrN4S2/c12-9-2-1-7(18-9)3-5-14-11-8(10(13)17)4-6-15-16-11/h1-2,4,6H,3,5H2,(H2,13,17)(H,14,16).